The summed E-state index contributed by atoms with van der Waals surface area (Å²) < 4.78 is 5.78. The molecule has 1 aliphatic carbocycles. The van der Waals surface area contributed by atoms with Crippen molar-refractivity contribution in [2.45, 2.75) is 38.2 Å². The number of aliphatic imine (C=N–C) groups is 1. The second kappa shape index (κ2) is 11.8. The maximum atomic E-state index is 5.78. The van der Waals surface area contributed by atoms with Crippen LogP contribution in [0.15, 0.2) is 17.6 Å². The van der Waals surface area contributed by atoms with Gasteiger partial charge in [0.25, 0.3) is 0 Å². The molecule has 0 radical (unpaired) electrons. The normalized spacial score (nSPS) is 16.2. The van der Waals surface area contributed by atoms with Crippen LogP contribution in [0, 0.1) is 0 Å². The van der Waals surface area contributed by atoms with Crippen LogP contribution in [0.5, 0.6) is 0 Å². The molecule has 0 amide bonds. The van der Waals surface area contributed by atoms with Gasteiger partial charge in [-0.2, -0.15) is 0 Å². The molecular formula is C13H26IN3O. The first-order valence-electron chi connectivity index (χ1n) is 6.54. The van der Waals surface area contributed by atoms with E-state index in [1.807, 2.05) is 6.08 Å². The summed E-state index contributed by atoms with van der Waals surface area (Å²) in [4.78, 5) is 4.11. The van der Waals surface area contributed by atoms with Crippen LogP contribution in [-0.4, -0.2) is 38.8 Å². The van der Waals surface area contributed by atoms with Crippen molar-refractivity contribution in [3.63, 3.8) is 0 Å². The van der Waals surface area contributed by atoms with Crippen LogP contribution in [0.2, 0.25) is 0 Å². The van der Waals surface area contributed by atoms with Crippen molar-refractivity contribution in [1.29, 1.82) is 0 Å². The van der Waals surface area contributed by atoms with Crippen molar-refractivity contribution in [1.82, 2.24) is 10.6 Å². The van der Waals surface area contributed by atoms with Gasteiger partial charge in [0.05, 0.1) is 6.10 Å². The molecular weight excluding hydrogens is 341 g/mol. The average molecular weight is 367 g/mol. The second-order valence-electron chi connectivity index (χ2n) is 4.30. The zero-order valence-corrected chi connectivity index (χ0v) is 13.6. The molecule has 0 saturated heterocycles. The fraction of sp³-hybridized carbons (Fsp3) is 0.769. The SMILES string of the molecule is C=CCNC(=NC)NCCCOC1CCCC1.I. The number of hydrogen-bond donors (Lipinski definition) is 2. The van der Waals surface area contributed by atoms with Gasteiger partial charge < -0.3 is 15.4 Å². The monoisotopic (exact) mass is 367 g/mol. The number of guanidine groups is 1. The van der Waals surface area contributed by atoms with Crippen LogP contribution in [0.3, 0.4) is 0 Å². The Morgan fingerprint density at radius 2 is 2.11 bits per heavy atom. The Bertz CT molecular complexity index is 240. The molecule has 0 aromatic carbocycles. The lowest BCUT2D eigenvalue weighted by Gasteiger charge is -2.12. The van der Waals surface area contributed by atoms with E-state index >= 15 is 0 Å². The van der Waals surface area contributed by atoms with Gasteiger partial charge in [0, 0.05) is 26.7 Å². The molecule has 106 valence electrons. The molecule has 1 rings (SSSR count). The molecule has 4 nitrogen and oxygen atoms in total. The van der Waals surface area contributed by atoms with Gasteiger partial charge in [0.2, 0.25) is 0 Å². The Kier molecular flexibility index (Phi) is 11.6. The lowest BCUT2D eigenvalue weighted by molar-refractivity contribution is 0.0574. The van der Waals surface area contributed by atoms with Crippen LogP contribution in [0.4, 0.5) is 0 Å². The molecule has 1 saturated carbocycles. The third-order valence-corrected chi connectivity index (χ3v) is 2.91. The second-order valence-corrected chi connectivity index (χ2v) is 4.30. The number of ether oxygens (including phenoxy) is 1. The Morgan fingerprint density at radius 1 is 1.39 bits per heavy atom. The lowest BCUT2D eigenvalue weighted by atomic mass is 10.3. The molecule has 0 aromatic rings. The molecule has 18 heavy (non-hydrogen) atoms. The van der Waals surface area contributed by atoms with E-state index in [1.165, 1.54) is 25.7 Å². The summed E-state index contributed by atoms with van der Waals surface area (Å²) in [6, 6.07) is 0. The van der Waals surface area contributed by atoms with Crippen molar-refractivity contribution in [3.8, 4) is 0 Å². The van der Waals surface area contributed by atoms with Crippen molar-refractivity contribution in [2.75, 3.05) is 26.7 Å². The van der Waals surface area contributed by atoms with Crippen molar-refractivity contribution in [3.05, 3.63) is 12.7 Å². The van der Waals surface area contributed by atoms with Gasteiger partial charge in [0.1, 0.15) is 0 Å². The Hall–Kier alpha value is -0.300. The van der Waals surface area contributed by atoms with Gasteiger partial charge in [0.15, 0.2) is 5.96 Å². The zero-order chi connectivity index (χ0) is 12.3. The van der Waals surface area contributed by atoms with Crippen LogP contribution >= 0.6 is 24.0 Å². The van der Waals surface area contributed by atoms with E-state index in [4.69, 9.17) is 4.74 Å². The number of nitrogens with zero attached hydrogens (tertiary/aromatic N) is 1. The fourth-order valence-corrected chi connectivity index (χ4v) is 1.97. The van der Waals surface area contributed by atoms with E-state index in [-0.39, 0.29) is 24.0 Å². The molecule has 0 spiro atoms. The van der Waals surface area contributed by atoms with Gasteiger partial charge in [-0.1, -0.05) is 18.9 Å². The van der Waals surface area contributed by atoms with Crippen LogP contribution in [-0.2, 0) is 4.74 Å². The van der Waals surface area contributed by atoms with Gasteiger partial charge in [-0.3, -0.25) is 4.99 Å². The maximum Gasteiger partial charge on any atom is 0.191 e. The van der Waals surface area contributed by atoms with Crippen LogP contribution in [0.1, 0.15) is 32.1 Å². The summed E-state index contributed by atoms with van der Waals surface area (Å²) >= 11 is 0. The van der Waals surface area contributed by atoms with E-state index in [0.717, 1.165) is 32.1 Å². The van der Waals surface area contributed by atoms with Crippen LogP contribution in [0.25, 0.3) is 0 Å². The summed E-state index contributed by atoms with van der Waals surface area (Å²) in [5.74, 6) is 0.825. The third-order valence-electron chi connectivity index (χ3n) is 2.91. The first-order valence-corrected chi connectivity index (χ1v) is 6.54. The van der Waals surface area contributed by atoms with Gasteiger partial charge >= 0.3 is 0 Å². The first kappa shape index (κ1) is 17.7. The predicted octanol–water partition coefficient (Wildman–Crippen LogP) is 2.30. The third kappa shape index (κ3) is 7.92. The van der Waals surface area contributed by atoms with E-state index in [1.54, 1.807) is 7.05 Å². The van der Waals surface area contributed by atoms with Crippen LogP contribution < -0.4 is 10.6 Å². The highest BCUT2D eigenvalue weighted by molar-refractivity contribution is 14.0. The van der Waals surface area contributed by atoms with Crippen molar-refractivity contribution >= 4 is 29.9 Å². The van der Waals surface area contributed by atoms with Gasteiger partial charge in [-0.25, -0.2) is 0 Å². The van der Waals surface area contributed by atoms with E-state index in [0.29, 0.717) is 6.10 Å². The molecule has 0 heterocycles. The molecule has 5 heteroatoms. The van der Waals surface area contributed by atoms with E-state index in [2.05, 4.69) is 22.2 Å². The fourth-order valence-electron chi connectivity index (χ4n) is 1.97. The highest BCUT2D eigenvalue weighted by Gasteiger charge is 2.14. The highest BCUT2D eigenvalue weighted by atomic mass is 127. The Morgan fingerprint density at radius 3 is 2.72 bits per heavy atom. The minimum atomic E-state index is 0. The molecule has 1 fully saturated rings. The zero-order valence-electron chi connectivity index (χ0n) is 11.3. The molecule has 0 atom stereocenters. The molecule has 0 bridgehead atoms. The molecule has 2 N–H and O–H groups in total. The molecule has 0 aromatic heterocycles. The maximum absolute atomic E-state index is 5.78. The first-order chi connectivity index (χ1) is 8.36. The lowest BCUT2D eigenvalue weighted by Crippen LogP contribution is -2.38. The van der Waals surface area contributed by atoms with Crippen molar-refractivity contribution < 1.29 is 4.74 Å². The predicted molar refractivity (Wildman–Crippen MR) is 87.8 cm³/mol. The number of rotatable bonds is 7. The van der Waals surface area contributed by atoms with Gasteiger partial charge in [-0.05, 0) is 19.3 Å². The smallest absolute Gasteiger partial charge is 0.191 e. The Balaban J connectivity index is 0.00000289. The minimum absolute atomic E-state index is 0. The Labute approximate surface area is 128 Å². The van der Waals surface area contributed by atoms with E-state index < -0.39 is 0 Å². The molecule has 0 unspecified atom stereocenters. The summed E-state index contributed by atoms with van der Waals surface area (Å²) in [6.45, 7) is 6.13. The standard InChI is InChI=1S/C13H25N3O.HI/c1-3-9-15-13(14-2)16-10-6-11-17-12-7-4-5-8-12;/h3,12H,1,4-11H2,2H3,(H2,14,15,16);1H. The largest absolute Gasteiger partial charge is 0.378 e. The van der Waals surface area contributed by atoms with Crippen molar-refractivity contribution in [2.24, 2.45) is 4.99 Å². The topological polar surface area (TPSA) is 45.7 Å². The average Bonchev–Trinajstić information content (AvgIpc) is 2.85. The minimum Gasteiger partial charge on any atom is -0.378 e. The van der Waals surface area contributed by atoms with E-state index in [9.17, 15) is 0 Å². The quantitative estimate of drug-likeness (QED) is 0.239. The number of nitrogens with one attached hydrogen (secondary N) is 2. The highest BCUT2D eigenvalue weighted by Crippen LogP contribution is 2.20. The molecule has 1 aliphatic rings. The summed E-state index contributed by atoms with van der Waals surface area (Å²) in [6.07, 6.45) is 8.52. The van der Waals surface area contributed by atoms with Gasteiger partial charge in [-0.15, -0.1) is 30.6 Å². The summed E-state index contributed by atoms with van der Waals surface area (Å²) in [5, 5.41) is 6.37. The summed E-state index contributed by atoms with van der Waals surface area (Å²) in [7, 11) is 1.77. The number of hydrogen-bond acceptors (Lipinski definition) is 2. The summed E-state index contributed by atoms with van der Waals surface area (Å²) in [5.41, 5.74) is 0. The molecule has 0 aliphatic heterocycles. The number of halogens is 1.